The predicted octanol–water partition coefficient (Wildman–Crippen LogP) is 2.62. The van der Waals surface area contributed by atoms with Crippen molar-refractivity contribution in [1.82, 2.24) is 0 Å². The zero-order valence-electron chi connectivity index (χ0n) is 6.80. The van der Waals surface area contributed by atoms with E-state index in [1.54, 1.807) is 12.1 Å². The highest BCUT2D eigenvalue weighted by atomic mass is 79.9. The van der Waals surface area contributed by atoms with Gasteiger partial charge in [0.25, 0.3) is 0 Å². The van der Waals surface area contributed by atoms with E-state index in [0.717, 1.165) is 4.47 Å². The van der Waals surface area contributed by atoms with Crippen LogP contribution in [0, 0.1) is 0 Å². The second kappa shape index (κ2) is 3.72. The minimum Gasteiger partial charge on any atom is -0.398 e. The van der Waals surface area contributed by atoms with Crippen molar-refractivity contribution < 1.29 is 4.79 Å². The van der Waals surface area contributed by atoms with Crippen LogP contribution in [-0.2, 0) is 0 Å². The van der Waals surface area contributed by atoms with Crippen LogP contribution >= 0.6 is 15.9 Å². The predicted molar refractivity (Wildman–Crippen MR) is 53.2 cm³/mol. The molecular weight excluding hydrogens is 218 g/mol. The molecule has 0 fully saturated rings. The average Bonchev–Trinajstić information content (AvgIpc) is 2.08. The van der Waals surface area contributed by atoms with Crippen molar-refractivity contribution in [3.8, 4) is 0 Å². The van der Waals surface area contributed by atoms with E-state index < -0.39 is 0 Å². The van der Waals surface area contributed by atoms with Gasteiger partial charge in [-0.05, 0) is 18.2 Å². The van der Waals surface area contributed by atoms with Gasteiger partial charge in [0.1, 0.15) is 0 Å². The molecule has 2 N–H and O–H groups in total. The second-order valence-corrected chi connectivity index (χ2v) is 3.42. The summed E-state index contributed by atoms with van der Waals surface area (Å²) in [5.41, 5.74) is 6.77. The fourth-order valence-electron chi connectivity index (χ4n) is 0.960. The first-order valence-corrected chi connectivity index (χ1v) is 4.52. The van der Waals surface area contributed by atoms with Crippen LogP contribution in [0.3, 0.4) is 0 Å². The largest absolute Gasteiger partial charge is 0.398 e. The van der Waals surface area contributed by atoms with Gasteiger partial charge in [-0.15, -0.1) is 0 Å². The molecule has 0 aliphatic heterocycles. The Bertz CT molecular complexity index is 309. The third-order valence-electron chi connectivity index (χ3n) is 1.64. The lowest BCUT2D eigenvalue weighted by atomic mass is 10.1. The van der Waals surface area contributed by atoms with Crippen molar-refractivity contribution >= 4 is 27.4 Å². The van der Waals surface area contributed by atoms with E-state index in [-0.39, 0.29) is 5.78 Å². The summed E-state index contributed by atoms with van der Waals surface area (Å²) in [4.78, 5) is 11.3. The van der Waals surface area contributed by atoms with Gasteiger partial charge in [-0.2, -0.15) is 0 Å². The second-order valence-electron chi connectivity index (χ2n) is 2.51. The molecule has 64 valence electrons. The van der Waals surface area contributed by atoms with Crippen molar-refractivity contribution in [2.75, 3.05) is 5.73 Å². The molecule has 1 aromatic carbocycles. The molecule has 2 nitrogen and oxygen atoms in total. The Balaban J connectivity index is 3.13. The molecule has 0 amide bonds. The topological polar surface area (TPSA) is 43.1 Å². The minimum absolute atomic E-state index is 0.0776. The van der Waals surface area contributed by atoms with E-state index in [2.05, 4.69) is 15.9 Å². The van der Waals surface area contributed by atoms with Gasteiger partial charge < -0.3 is 5.73 Å². The summed E-state index contributed by atoms with van der Waals surface area (Å²) in [5.74, 6) is 0.0776. The number of hydrogen-bond acceptors (Lipinski definition) is 2. The highest BCUT2D eigenvalue weighted by Crippen LogP contribution is 2.19. The molecule has 0 unspecified atom stereocenters. The Morgan fingerprint density at radius 1 is 1.58 bits per heavy atom. The third kappa shape index (κ3) is 1.85. The maximum absolute atomic E-state index is 11.3. The van der Waals surface area contributed by atoms with Gasteiger partial charge in [-0.3, -0.25) is 4.79 Å². The van der Waals surface area contributed by atoms with Crippen LogP contribution in [0.2, 0.25) is 0 Å². The van der Waals surface area contributed by atoms with Gasteiger partial charge in [-0.1, -0.05) is 22.9 Å². The van der Waals surface area contributed by atoms with Gasteiger partial charge in [-0.25, -0.2) is 0 Å². The molecule has 0 aliphatic rings. The number of hydrogen-bond donors (Lipinski definition) is 1. The summed E-state index contributed by atoms with van der Waals surface area (Å²) in [6, 6.07) is 5.30. The Hall–Kier alpha value is -0.830. The van der Waals surface area contributed by atoms with Gasteiger partial charge in [0.15, 0.2) is 5.78 Å². The van der Waals surface area contributed by atoms with E-state index >= 15 is 0 Å². The van der Waals surface area contributed by atoms with Crippen LogP contribution in [0.4, 0.5) is 5.69 Å². The van der Waals surface area contributed by atoms with Crippen LogP contribution in [0.15, 0.2) is 22.7 Å². The van der Waals surface area contributed by atoms with E-state index in [4.69, 9.17) is 5.73 Å². The smallest absolute Gasteiger partial charge is 0.164 e. The fraction of sp³-hybridized carbons (Fsp3) is 0.222. The molecular formula is C9H10BrNO. The zero-order valence-corrected chi connectivity index (χ0v) is 8.39. The summed E-state index contributed by atoms with van der Waals surface area (Å²) < 4.78 is 0.883. The van der Waals surface area contributed by atoms with Crippen molar-refractivity contribution in [1.29, 1.82) is 0 Å². The van der Waals surface area contributed by atoms with Gasteiger partial charge >= 0.3 is 0 Å². The van der Waals surface area contributed by atoms with Crippen molar-refractivity contribution in [2.45, 2.75) is 13.3 Å². The average molecular weight is 228 g/mol. The number of rotatable bonds is 2. The molecule has 12 heavy (non-hydrogen) atoms. The molecule has 0 radical (unpaired) electrons. The number of nitrogens with two attached hydrogens (primary N) is 1. The fourth-order valence-corrected chi connectivity index (χ4v) is 1.32. The number of ketones is 1. The molecule has 0 heterocycles. The van der Waals surface area contributed by atoms with E-state index in [1.807, 2.05) is 13.0 Å². The Morgan fingerprint density at radius 3 is 2.83 bits per heavy atom. The first-order chi connectivity index (χ1) is 5.65. The standard InChI is InChI=1S/C9H10BrNO/c1-2-9(12)7-5-6(10)3-4-8(7)11/h3-5H,2,11H2,1H3. The Morgan fingerprint density at radius 2 is 2.25 bits per heavy atom. The highest BCUT2D eigenvalue weighted by molar-refractivity contribution is 9.10. The maximum atomic E-state index is 11.3. The highest BCUT2D eigenvalue weighted by Gasteiger charge is 2.06. The lowest BCUT2D eigenvalue weighted by Gasteiger charge is -2.02. The van der Waals surface area contributed by atoms with E-state index in [1.165, 1.54) is 0 Å². The molecule has 0 aromatic heterocycles. The number of benzene rings is 1. The maximum Gasteiger partial charge on any atom is 0.164 e. The Kier molecular flexibility index (Phi) is 2.87. The normalized spacial score (nSPS) is 9.83. The van der Waals surface area contributed by atoms with Crippen LogP contribution in [0.1, 0.15) is 23.7 Å². The lowest BCUT2D eigenvalue weighted by molar-refractivity contribution is 0.0989. The number of carbonyl (C=O) groups is 1. The van der Waals surface area contributed by atoms with Crippen LogP contribution < -0.4 is 5.73 Å². The molecule has 0 spiro atoms. The molecule has 1 rings (SSSR count). The quantitative estimate of drug-likeness (QED) is 0.624. The summed E-state index contributed by atoms with van der Waals surface area (Å²) in [6.45, 7) is 1.82. The molecule has 0 bridgehead atoms. The molecule has 0 atom stereocenters. The number of halogens is 1. The van der Waals surface area contributed by atoms with Gasteiger partial charge in [0, 0.05) is 22.1 Å². The van der Waals surface area contributed by atoms with Crippen LogP contribution in [0.5, 0.6) is 0 Å². The number of nitrogen functional groups attached to an aromatic ring is 1. The first kappa shape index (κ1) is 9.26. The van der Waals surface area contributed by atoms with Crippen molar-refractivity contribution in [3.05, 3.63) is 28.2 Å². The zero-order chi connectivity index (χ0) is 9.14. The minimum atomic E-state index is 0.0776. The summed E-state index contributed by atoms with van der Waals surface area (Å²) in [5, 5.41) is 0. The summed E-state index contributed by atoms with van der Waals surface area (Å²) in [6.07, 6.45) is 0.487. The number of carbonyl (C=O) groups excluding carboxylic acids is 1. The molecule has 1 aromatic rings. The van der Waals surface area contributed by atoms with Crippen LogP contribution in [0.25, 0.3) is 0 Å². The summed E-state index contributed by atoms with van der Waals surface area (Å²) >= 11 is 3.29. The number of anilines is 1. The van der Waals surface area contributed by atoms with Gasteiger partial charge in [0.2, 0.25) is 0 Å². The molecule has 0 saturated heterocycles. The molecule has 0 saturated carbocycles. The Labute approximate surface area is 79.9 Å². The van der Waals surface area contributed by atoms with Crippen molar-refractivity contribution in [3.63, 3.8) is 0 Å². The van der Waals surface area contributed by atoms with E-state index in [9.17, 15) is 4.79 Å². The number of Topliss-reactive ketones (excluding diaryl/α,β-unsaturated/α-hetero) is 1. The third-order valence-corrected chi connectivity index (χ3v) is 2.13. The summed E-state index contributed by atoms with van der Waals surface area (Å²) in [7, 11) is 0. The lowest BCUT2D eigenvalue weighted by Crippen LogP contribution is -2.01. The van der Waals surface area contributed by atoms with Crippen LogP contribution in [-0.4, -0.2) is 5.78 Å². The van der Waals surface area contributed by atoms with Crippen molar-refractivity contribution in [2.24, 2.45) is 0 Å². The molecule has 0 aliphatic carbocycles. The van der Waals surface area contributed by atoms with E-state index in [0.29, 0.717) is 17.7 Å². The first-order valence-electron chi connectivity index (χ1n) is 3.73. The molecule has 3 heteroatoms. The monoisotopic (exact) mass is 227 g/mol. The SMILES string of the molecule is CCC(=O)c1cc(Br)ccc1N. The van der Waals surface area contributed by atoms with Gasteiger partial charge in [0.05, 0.1) is 0 Å².